The second-order valence-electron chi connectivity index (χ2n) is 8.06. The maximum absolute atomic E-state index is 13.3. The molecular weight excluding hydrogens is 438 g/mol. The van der Waals surface area contributed by atoms with Gasteiger partial charge in [0.1, 0.15) is 0 Å². The second kappa shape index (κ2) is 9.18. The Hall–Kier alpha value is -2.10. The summed E-state index contributed by atoms with van der Waals surface area (Å²) in [5, 5.41) is 2.10. The van der Waals surface area contributed by atoms with Crippen molar-refractivity contribution in [3.05, 3.63) is 53.6 Å². The molecule has 1 saturated heterocycles. The Kier molecular flexibility index (Phi) is 6.98. The molecule has 0 radical (unpaired) electrons. The highest BCUT2D eigenvalue weighted by Crippen LogP contribution is 2.29. The zero-order valence-electron chi connectivity index (χ0n) is 18.2. The molecule has 9 heteroatoms. The molecule has 0 aromatic heterocycles. The van der Waals surface area contributed by atoms with E-state index in [0.29, 0.717) is 18.0 Å². The fourth-order valence-corrected chi connectivity index (χ4v) is 8.48. The summed E-state index contributed by atoms with van der Waals surface area (Å²) >= 11 is 0. The molecule has 7 nitrogen and oxygen atoms in total. The Balaban J connectivity index is 1.82. The molecule has 0 unspecified atom stereocenters. The summed E-state index contributed by atoms with van der Waals surface area (Å²) in [6.45, 7) is 4.36. The van der Waals surface area contributed by atoms with E-state index in [1.165, 1.54) is 7.11 Å². The summed E-state index contributed by atoms with van der Waals surface area (Å²) in [7, 11) is -4.21. The Bertz CT molecular complexity index is 1130. The quantitative estimate of drug-likeness (QED) is 0.637. The van der Waals surface area contributed by atoms with Crippen LogP contribution in [0.15, 0.2) is 47.4 Å². The van der Waals surface area contributed by atoms with Gasteiger partial charge >= 0.3 is 0 Å². The molecule has 3 rings (SSSR count). The van der Waals surface area contributed by atoms with Crippen LogP contribution in [-0.2, 0) is 26.2 Å². The van der Waals surface area contributed by atoms with E-state index >= 15 is 0 Å². The Morgan fingerprint density at radius 1 is 1.00 bits per heavy atom. The van der Waals surface area contributed by atoms with Crippen molar-refractivity contribution in [2.75, 3.05) is 25.7 Å². The van der Waals surface area contributed by atoms with Gasteiger partial charge in [0.2, 0.25) is 0 Å². The smallest absolute Gasteiger partial charge is 0.183 e. The van der Waals surface area contributed by atoms with E-state index in [2.05, 4.69) is 5.32 Å². The number of benzene rings is 2. The van der Waals surface area contributed by atoms with Gasteiger partial charge in [-0.25, -0.2) is 16.8 Å². The predicted octanol–water partition coefficient (Wildman–Crippen LogP) is 2.56. The van der Waals surface area contributed by atoms with Crippen LogP contribution in [-0.4, -0.2) is 53.9 Å². The van der Waals surface area contributed by atoms with E-state index in [-0.39, 0.29) is 22.3 Å². The van der Waals surface area contributed by atoms with Gasteiger partial charge in [0.25, 0.3) is 0 Å². The number of nitrogens with one attached hydrogen (secondary N) is 1. The first kappa shape index (κ1) is 23.6. The highest BCUT2D eigenvalue weighted by Gasteiger charge is 2.45. The van der Waals surface area contributed by atoms with Crippen molar-refractivity contribution in [2.24, 2.45) is 0 Å². The van der Waals surface area contributed by atoms with Crippen LogP contribution >= 0.6 is 0 Å². The zero-order chi connectivity index (χ0) is 22.8. The summed E-state index contributed by atoms with van der Waals surface area (Å²) in [4.78, 5) is 0.150. The van der Waals surface area contributed by atoms with Crippen LogP contribution in [0.5, 0.6) is 11.5 Å². The molecular formula is C22H29NO6S2. The predicted molar refractivity (Wildman–Crippen MR) is 120 cm³/mol. The van der Waals surface area contributed by atoms with E-state index in [1.54, 1.807) is 43.5 Å². The minimum atomic E-state index is -3.82. The lowest BCUT2D eigenvalue weighted by Crippen LogP contribution is -2.43. The van der Waals surface area contributed by atoms with E-state index in [0.717, 1.165) is 11.1 Å². The summed E-state index contributed by atoms with van der Waals surface area (Å²) in [5.41, 5.74) is 1.86. The molecule has 2 aromatic rings. The minimum Gasteiger partial charge on any atom is -0.493 e. The first-order chi connectivity index (χ1) is 14.6. The van der Waals surface area contributed by atoms with Crippen LogP contribution in [0.25, 0.3) is 0 Å². The van der Waals surface area contributed by atoms with Gasteiger partial charge in [0.15, 0.2) is 31.2 Å². The maximum atomic E-state index is 13.3. The van der Waals surface area contributed by atoms with Crippen LogP contribution in [0.3, 0.4) is 0 Å². The second-order valence-corrected chi connectivity index (χ2v) is 12.4. The molecule has 1 aliphatic heterocycles. The van der Waals surface area contributed by atoms with Crippen molar-refractivity contribution < 1.29 is 26.3 Å². The molecule has 1 heterocycles. The van der Waals surface area contributed by atoms with E-state index < -0.39 is 31.0 Å². The average molecular weight is 468 g/mol. The Labute approximate surface area is 184 Å². The zero-order valence-corrected chi connectivity index (χ0v) is 19.8. The molecule has 170 valence electrons. The number of hydrogen-bond acceptors (Lipinski definition) is 7. The number of rotatable bonds is 8. The van der Waals surface area contributed by atoms with Gasteiger partial charge in [-0.05, 0) is 41.3 Å². The number of methoxy groups -OCH3 is 2. The first-order valence-electron chi connectivity index (χ1n) is 10.1. The minimum absolute atomic E-state index is 0.150. The number of hydrogen-bond donors (Lipinski definition) is 1. The largest absolute Gasteiger partial charge is 0.493 e. The highest BCUT2D eigenvalue weighted by atomic mass is 32.2. The number of sulfone groups is 2. The SMILES string of the molecule is COc1ccc(CN[C@H]2CS(=O)(=O)C[C@@H]2S(=O)(=O)c2ccc(C(C)C)cc2)cc1OC. The molecule has 0 aliphatic carbocycles. The third-order valence-electron chi connectivity index (χ3n) is 5.59. The third kappa shape index (κ3) is 5.22. The molecule has 0 saturated carbocycles. The fourth-order valence-electron chi connectivity index (χ4n) is 3.77. The van der Waals surface area contributed by atoms with Gasteiger partial charge in [0, 0.05) is 12.6 Å². The molecule has 0 spiro atoms. The van der Waals surface area contributed by atoms with Crippen molar-refractivity contribution >= 4 is 19.7 Å². The summed E-state index contributed by atoms with van der Waals surface area (Å²) in [6, 6.07) is 11.4. The molecule has 1 fully saturated rings. The van der Waals surface area contributed by atoms with Gasteiger partial charge < -0.3 is 14.8 Å². The number of ether oxygens (including phenoxy) is 2. The van der Waals surface area contributed by atoms with Gasteiger partial charge in [-0.1, -0.05) is 32.0 Å². The third-order valence-corrected chi connectivity index (χ3v) is 9.76. The van der Waals surface area contributed by atoms with Crippen molar-refractivity contribution in [1.29, 1.82) is 0 Å². The van der Waals surface area contributed by atoms with Crippen LogP contribution in [0, 0.1) is 0 Å². The van der Waals surface area contributed by atoms with Crippen LogP contribution in [0.2, 0.25) is 0 Å². The lowest BCUT2D eigenvalue weighted by molar-refractivity contribution is 0.354. The molecule has 0 amide bonds. The first-order valence-corrected chi connectivity index (χ1v) is 13.4. The lowest BCUT2D eigenvalue weighted by Gasteiger charge is -2.20. The van der Waals surface area contributed by atoms with Gasteiger partial charge in [-0.3, -0.25) is 0 Å². The lowest BCUT2D eigenvalue weighted by atomic mass is 10.0. The topological polar surface area (TPSA) is 98.8 Å². The monoisotopic (exact) mass is 467 g/mol. The van der Waals surface area contributed by atoms with Gasteiger partial charge in [-0.15, -0.1) is 0 Å². The van der Waals surface area contributed by atoms with Crippen molar-refractivity contribution in [3.8, 4) is 11.5 Å². The maximum Gasteiger partial charge on any atom is 0.183 e. The Morgan fingerprint density at radius 3 is 2.23 bits per heavy atom. The Morgan fingerprint density at radius 2 is 1.65 bits per heavy atom. The summed E-state index contributed by atoms with van der Waals surface area (Å²) in [6.07, 6.45) is 0. The normalized spacial score (nSPS) is 20.7. The van der Waals surface area contributed by atoms with Gasteiger partial charge in [0.05, 0.1) is 35.9 Å². The van der Waals surface area contributed by atoms with Crippen LogP contribution in [0.4, 0.5) is 0 Å². The van der Waals surface area contributed by atoms with Crippen LogP contribution < -0.4 is 14.8 Å². The van der Waals surface area contributed by atoms with Crippen molar-refractivity contribution in [1.82, 2.24) is 5.32 Å². The van der Waals surface area contributed by atoms with Crippen molar-refractivity contribution in [2.45, 2.75) is 42.5 Å². The van der Waals surface area contributed by atoms with Crippen LogP contribution in [0.1, 0.15) is 30.9 Å². The standard InChI is InChI=1S/C22H29NO6S2/c1-15(2)17-6-8-18(9-7-17)31(26,27)22-14-30(24,25)13-19(22)23-12-16-5-10-20(28-3)21(11-16)29-4/h5-11,15,19,22-23H,12-14H2,1-4H3/t19-,22-/m0/s1. The molecule has 31 heavy (non-hydrogen) atoms. The fraction of sp³-hybridized carbons (Fsp3) is 0.455. The van der Waals surface area contributed by atoms with E-state index in [4.69, 9.17) is 9.47 Å². The summed E-state index contributed by atoms with van der Waals surface area (Å²) in [5.74, 6) is 0.814. The summed E-state index contributed by atoms with van der Waals surface area (Å²) < 4.78 is 61.7. The van der Waals surface area contributed by atoms with E-state index in [9.17, 15) is 16.8 Å². The van der Waals surface area contributed by atoms with Gasteiger partial charge in [-0.2, -0.15) is 0 Å². The molecule has 1 aliphatic rings. The molecule has 1 N–H and O–H groups in total. The van der Waals surface area contributed by atoms with E-state index in [1.807, 2.05) is 19.9 Å². The molecule has 0 bridgehead atoms. The highest BCUT2D eigenvalue weighted by molar-refractivity contribution is 7.96. The molecule has 2 aromatic carbocycles. The molecule has 2 atom stereocenters. The average Bonchev–Trinajstić information content (AvgIpc) is 3.07. The van der Waals surface area contributed by atoms with Crippen molar-refractivity contribution in [3.63, 3.8) is 0 Å².